The van der Waals surface area contributed by atoms with Crippen LogP contribution in [0.25, 0.3) is 11.5 Å². The molecule has 3 aromatic rings. The second-order valence-corrected chi connectivity index (χ2v) is 5.74. The molecule has 0 radical (unpaired) electrons. The summed E-state index contributed by atoms with van der Waals surface area (Å²) in [5.74, 6) is 1.58. The summed E-state index contributed by atoms with van der Waals surface area (Å²) < 4.78 is 10.3. The SMILES string of the molecule is COc1ccc(-c2nc(C=NCc3ccc(Cl)cc3Cl)no2)cc1. The number of aliphatic imine (C=N–C) groups is 1. The molecule has 1 aromatic heterocycles. The van der Waals surface area contributed by atoms with Crippen LogP contribution < -0.4 is 4.74 Å². The minimum atomic E-state index is 0.394. The topological polar surface area (TPSA) is 60.5 Å². The van der Waals surface area contributed by atoms with Gasteiger partial charge >= 0.3 is 0 Å². The van der Waals surface area contributed by atoms with E-state index < -0.39 is 0 Å². The Morgan fingerprint density at radius 3 is 2.67 bits per heavy atom. The molecule has 0 unspecified atom stereocenters. The Hall–Kier alpha value is -2.37. The smallest absolute Gasteiger partial charge is 0.258 e. The van der Waals surface area contributed by atoms with Crippen LogP contribution in [0.4, 0.5) is 0 Å². The highest BCUT2D eigenvalue weighted by Crippen LogP contribution is 2.22. The van der Waals surface area contributed by atoms with Crippen LogP contribution >= 0.6 is 23.2 Å². The molecule has 7 heteroatoms. The molecular formula is C17H13Cl2N3O2. The zero-order chi connectivity index (χ0) is 16.9. The summed E-state index contributed by atoms with van der Waals surface area (Å²) in [5.41, 5.74) is 1.68. The van der Waals surface area contributed by atoms with E-state index in [0.717, 1.165) is 16.9 Å². The summed E-state index contributed by atoms with van der Waals surface area (Å²) in [7, 11) is 1.61. The van der Waals surface area contributed by atoms with Gasteiger partial charge in [-0.2, -0.15) is 4.98 Å². The molecule has 3 rings (SSSR count). The molecule has 0 saturated carbocycles. The van der Waals surface area contributed by atoms with Crippen molar-refractivity contribution in [1.82, 2.24) is 10.1 Å². The van der Waals surface area contributed by atoms with Crippen molar-refractivity contribution in [3.8, 4) is 17.2 Å². The molecular weight excluding hydrogens is 349 g/mol. The fraction of sp³-hybridized carbons (Fsp3) is 0.118. The van der Waals surface area contributed by atoms with Crippen molar-refractivity contribution in [3.63, 3.8) is 0 Å². The van der Waals surface area contributed by atoms with Crippen LogP contribution in [0.1, 0.15) is 11.4 Å². The average Bonchev–Trinajstić information content (AvgIpc) is 3.06. The number of hydrogen-bond donors (Lipinski definition) is 0. The molecule has 0 spiro atoms. The average molecular weight is 362 g/mol. The number of rotatable bonds is 5. The second-order valence-electron chi connectivity index (χ2n) is 4.89. The largest absolute Gasteiger partial charge is 0.497 e. The Labute approximate surface area is 148 Å². The highest BCUT2D eigenvalue weighted by atomic mass is 35.5. The molecule has 0 N–H and O–H groups in total. The zero-order valence-electron chi connectivity index (χ0n) is 12.7. The molecule has 0 aliphatic heterocycles. The van der Waals surface area contributed by atoms with Crippen molar-refractivity contribution >= 4 is 29.4 Å². The maximum atomic E-state index is 6.10. The number of halogens is 2. The number of ether oxygens (including phenoxy) is 1. The number of benzene rings is 2. The van der Waals surface area contributed by atoms with Crippen LogP contribution in [0.2, 0.25) is 10.0 Å². The van der Waals surface area contributed by atoms with Gasteiger partial charge in [-0.05, 0) is 42.0 Å². The summed E-state index contributed by atoms with van der Waals surface area (Å²) in [5, 5.41) is 5.05. The van der Waals surface area contributed by atoms with Gasteiger partial charge in [0.25, 0.3) is 5.89 Å². The number of hydrogen-bond acceptors (Lipinski definition) is 5. The third kappa shape index (κ3) is 3.93. The fourth-order valence-corrected chi connectivity index (χ4v) is 2.48. The standard InChI is InChI=1S/C17H13Cl2N3O2/c1-23-14-6-3-11(4-7-14)17-21-16(22-24-17)10-20-9-12-2-5-13(18)8-15(12)19/h2-8,10H,9H2,1H3. The second kappa shape index (κ2) is 7.47. The van der Waals surface area contributed by atoms with Crippen molar-refractivity contribution in [2.45, 2.75) is 6.54 Å². The van der Waals surface area contributed by atoms with E-state index in [2.05, 4.69) is 15.1 Å². The van der Waals surface area contributed by atoms with E-state index in [1.165, 1.54) is 0 Å². The molecule has 1 heterocycles. The Balaban J connectivity index is 1.68. The van der Waals surface area contributed by atoms with Crippen LogP contribution in [-0.4, -0.2) is 23.5 Å². The van der Waals surface area contributed by atoms with E-state index >= 15 is 0 Å². The molecule has 122 valence electrons. The summed E-state index contributed by atoms with van der Waals surface area (Å²) in [6.07, 6.45) is 1.54. The van der Waals surface area contributed by atoms with E-state index in [0.29, 0.717) is 28.3 Å². The highest BCUT2D eigenvalue weighted by Gasteiger charge is 2.07. The lowest BCUT2D eigenvalue weighted by molar-refractivity contribution is 0.414. The molecule has 0 aliphatic carbocycles. The van der Waals surface area contributed by atoms with Gasteiger partial charge in [-0.15, -0.1) is 0 Å². The summed E-state index contributed by atoms with van der Waals surface area (Å²) in [6.45, 7) is 0.405. The maximum Gasteiger partial charge on any atom is 0.258 e. The van der Waals surface area contributed by atoms with E-state index in [4.69, 9.17) is 32.5 Å². The van der Waals surface area contributed by atoms with Gasteiger partial charge in [-0.3, -0.25) is 4.99 Å². The van der Waals surface area contributed by atoms with Gasteiger partial charge in [-0.25, -0.2) is 0 Å². The first-order valence-corrected chi connectivity index (χ1v) is 7.83. The maximum absolute atomic E-state index is 6.10. The Morgan fingerprint density at radius 1 is 1.17 bits per heavy atom. The highest BCUT2D eigenvalue weighted by molar-refractivity contribution is 6.35. The van der Waals surface area contributed by atoms with Crippen LogP contribution in [-0.2, 0) is 6.54 Å². The lowest BCUT2D eigenvalue weighted by Gasteiger charge is -2.00. The monoisotopic (exact) mass is 361 g/mol. The van der Waals surface area contributed by atoms with E-state index in [9.17, 15) is 0 Å². The number of aromatic nitrogens is 2. The Kier molecular flexibility index (Phi) is 5.13. The molecule has 0 fully saturated rings. The molecule has 0 saturated heterocycles. The van der Waals surface area contributed by atoms with Crippen molar-refractivity contribution < 1.29 is 9.26 Å². The van der Waals surface area contributed by atoms with Crippen molar-refractivity contribution in [2.75, 3.05) is 7.11 Å². The third-order valence-electron chi connectivity index (χ3n) is 3.26. The Morgan fingerprint density at radius 2 is 1.96 bits per heavy atom. The Bertz CT molecular complexity index is 861. The first-order valence-electron chi connectivity index (χ1n) is 7.07. The molecule has 0 bridgehead atoms. The molecule has 2 aromatic carbocycles. The van der Waals surface area contributed by atoms with E-state index in [1.807, 2.05) is 30.3 Å². The van der Waals surface area contributed by atoms with Crippen molar-refractivity contribution in [2.24, 2.45) is 4.99 Å². The first kappa shape index (κ1) is 16.5. The molecule has 0 amide bonds. The van der Waals surface area contributed by atoms with Gasteiger partial charge in [0.05, 0.1) is 19.9 Å². The van der Waals surface area contributed by atoms with Gasteiger partial charge in [0, 0.05) is 15.6 Å². The number of methoxy groups -OCH3 is 1. The van der Waals surface area contributed by atoms with Crippen molar-refractivity contribution in [1.29, 1.82) is 0 Å². The minimum Gasteiger partial charge on any atom is -0.497 e. The molecule has 0 aliphatic rings. The minimum absolute atomic E-state index is 0.394. The normalized spacial score (nSPS) is 11.1. The zero-order valence-corrected chi connectivity index (χ0v) is 14.3. The number of nitrogens with zero attached hydrogens (tertiary/aromatic N) is 3. The lowest BCUT2D eigenvalue weighted by atomic mass is 10.2. The van der Waals surface area contributed by atoms with Crippen LogP contribution in [0.3, 0.4) is 0 Å². The van der Waals surface area contributed by atoms with Gasteiger partial charge in [0.1, 0.15) is 5.75 Å². The van der Waals surface area contributed by atoms with Crippen molar-refractivity contribution in [3.05, 3.63) is 63.9 Å². The van der Waals surface area contributed by atoms with Crippen LogP contribution in [0.5, 0.6) is 5.75 Å². The van der Waals surface area contributed by atoms with Gasteiger partial charge in [0.15, 0.2) is 0 Å². The van der Waals surface area contributed by atoms with Crippen LogP contribution in [0, 0.1) is 0 Å². The van der Waals surface area contributed by atoms with Gasteiger partial charge < -0.3 is 9.26 Å². The molecule has 0 atom stereocenters. The first-order chi connectivity index (χ1) is 11.7. The summed E-state index contributed by atoms with van der Waals surface area (Å²) in [6, 6.07) is 12.6. The fourth-order valence-electron chi connectivity index (χ4n) is 2.01. The predicted octanol–water partition coefficient (Wildman–Crippen LogP) is 4.67. The van der Waals surface area contributed by atoms with Crippen LogP contribution in [0.15, 0.2) is 52.0 Å². The molecule has 24 heavy (non-hydrogen) atoms. The molecule has 5 nitrogen and oxygen atoms in total. The summed E-state index contributed by atoms with van der Waals surface area (Å²) >= 11 is 12.0. The van der Waals surface area contributed by atoms with Gasteiger partial charge in [-0.1, -0.05) is 34.4 Å². The predicted molar refractivity (Wildman–Crippen MR) is 94.0 cm³/mol. The lowest BCUT2D eigenvalue weighted by Crippen LogP contribution is -1.88. The quantitative estimate of drug-likeness (QED) is 0.619. The summed E-state index contributed by atoms with van der Waals surface area (Å²) in [4.78, 5) is 8.56. The van der Waals surface area contributed by atoms with E-state index in [1.54, 1.807) is 25.5 Å². The van der Waals surface area contributed by atoms with Gasteiger partial charge in [0.2, 0.25) is 5.82 Å². The van der Waals surface area contributed by atoms with E-state index in [-0.39, 0.29) is 0 Å². The third-order valence-corrected chi connectivity index (χ3v) is 3.85.